The Labute approximate surface area is 151 Å². The van der Waals surface area contributed by atoms with Crippen LogP contribution in [-0.2, 0) is 4.74 Å². The van der Waals surface area contributed by atoms with Gasteiger partial charge in [-0.25, -0.2) is 19.8 Å². The SMILES string of the molecule is Cc1cccc(OC(=O)N2CCN(CC3COCC3C)C2=N[N+](=O)[O-])c1. The summed E-state index contributed by atoms with van der Waals surface area (Å²) in [7, 11) is 0. The first-order valence-electron chi connectivity index (χ1n) is 8.55. The quantitative estimate of drug-likeness (QED) is 0.600. The Hall–Kier alpha value is -2.68. The summed E-state index contributed by atoms with van der Waals surface area (Å²) < 4.78 is 10.8. The van der Waals surface area contributed by atoms with Crippen molar-refractivity contribution < 1.29 is 19.3 Å². The monoisotopic (exact) mass is 362 g/mol. The summed E-state index contributed by atoms with van der Waals surface area (Å²) in [5.41, 5.74) is 0.952. The van der Waals surface area contributed by atoms with Crippen molar-refractivity contribution in [2.75, 3.05) is 32.8 Å². The zero-order chi connectivity index (χ0) is 18.7. The van der Waals surface area contributed by atoms with Crippen molar-refractivity contribution in [1.29, 1.82) is 0 Å². The minimum Gasteiger partial charge on any atom is -0.410 e. The first-order valence-corrected chi connectivity index (χ1v) is 8.55. The molecule has 2 atom stereocenters. The summed E-state index contributed by atoms with van der Waals surface area (Å²) in [6, 6.07) is 7.06. The Morgan fingerprint density at radius 2 is 2.23 bits per heavy atom. The molecule has 2 saturated heterocycles. The number of hydrazone groups is 1. The Morgan fingerprint density at radius 1 is 1.42 bits per heavy atom. The Kier molecular flexibility index (Phi) is 5.36. The van der Waals surface area contributed by atoms with E-state index < -0.39 is 11.1 Å². The summed E-state index contributed by atoms with van der Waals surface area (Å²) >= 11 is 0. The third-order valence-corrected chi connectivity index (χ3v) is 4.68. The van der Waals surface area contributed by atoms with Crippen molar-refractivity contribution in [1.82, 2.24) is 9.80 Å². The second-order valence-corrected chi connectivity index (χ2v) is 6.69. The minimum absolute atomic E-state index is 0.0201. The average Bonchev–Trinajstić information content (AvgIpc) is 3.14. The van der Waals surface area contributed by atoms with E-state index in [0.717, 1.165) is 5.56 Å². The zero-order valence-corrected chi connectivity index (χ0v) is 14.8. The van der Waals surface area contributed by atoms with E-state index in [1.807, 2.05) is 13.0 Å². The molecule has 9 heteroatoms. The fourth-order valence-corrected chi connectivity index (χ4v) is 3.18. The maximum absolute atomic E-state index is 12.5. The standard InChI is InChI=1S/C17H22N4O5/c1-12-4-3-5-15(8-12)26-17(22)20-7-6-19(16(20)18-21(23)24)9-14-11-25-10-13(14)2/h3-5,8,13-14H,6-7,9-11H2,1-2H3. The van der Waals surface area contributed by atoms with Crippen LogP contribution < -0.4 is 4.74 Å². The molecule has 1 aromatic carbocycles. The van der Waals surface area contributed by atoms with Gasteiger partial charge in [-0.2, -0.15) is 0 Å². The molecule has 0 bridgehead atoms. The second-order valence-electron chi connectivity index (χ2n) is 6.69. The molecule has 2 fully saturated rings. The van der Waals surface area contributed by atoms with Crippen LogP contribution in [0.5, 0.6) is 5.75 Å². The molecule has 140 valence electrons. The predicted molar refractivity (Wildman–Crippen MR) is 93.4 cm³/mol. The molecule has 0 N–H and O–H groups in total. The Balaban J connectivity index is 1.73. The highest BCUT2D eigenvalue weighted by atomic mass is 16.7. The topological polar surface area (TPSA) is 97.5 Å². The van der Waals surface area contributed by atoms with Gasteiger partial charge in [0.2, 0.25) is 0 Å². The van der Waals surface area contributed by atoms with Crippen molar-refractivity contribution >= 4 is 12.1 Å². The first kappa shape index (κ1) is 18.1. The molecular weight excluding hydrogens is 340 g/mol. The molecule has 3 rings (SSSR count). The smallest absolute Gasteiger partial charge is 0.410 e. The highest BCUT2D eigenvalue weighted by Gasteiger charge is 2.38. The van der Waals surface area contributed by atoms with Gasteiger partial charge < -0.3 is 14.4 Å². The highest BCUT2D eigenvalue weighted by Crippen LogP contribution is 2.24. The summed E-state index contributed by atoms with van der Waals surface area (Å²) in [6.45, 7) is 6.58. The molecule has 2 heterocycles. The molecular formula is C17H22N4O5. The number of aryl methyl sites for hydroxylation is 1. The van der Waals surface area contributed by atoms with E-state index in [1.165, 1.54) is 4.90 Å². The van der Waals surface area contributed by atoms with Crippen LogP contribution in [0.2, 0.25) is 0 Å². The number of hydrogen-bond donors (Lipinski definition) is 0. The number of hydrogen-bond acceptors (Lipinski definition) is 5. The van der Waals surface area contributed by atoms with Crippen molar-refractivity contribution in [2.24, 2.45) is 16.9 Å². The normalized spacial score (nSPS) is 24.3. The third-order valence-electron chi connectivity index (χ3n) is 4.68. The van der Waals surface area contributed by atoms with Crippen LogP contribution in [0, 0.1) is 28.9 Å². The van der Waals surface area contributed by atoms with Crippen molar-refractivity contribution in [3.8, 4) is 5.75 Å². The number of ether oxygens (including phenoxy) is 2. The minimum atomic E-state index is -0.783. The summed E-state index contributed by atoms with van der Waals surface area (Å²) in [4.78, 5) is 26.4. The molecule has 2 aliphatic rings. The van der Waals surface area contributed by atoms with Crippen LogP contribution in [0.25, 0.3) is 0 Å². The van der Waals surface area contributed by atoms with Gasteiger partial charge in [0.25, 0.3) is 5.96 Å². The van der Waals surface area contributed by atoms with Crippen LogP contribution in [0.1, 0.15) is 12.5 Å². The van der Waals surface area contributed by atoms with E-state index in [1.54, 1.807) is 23.1 Å². The molecule has 26 heavy (non-hydrogen) atoms. The lowest BCUT2D eigenvalue weighted by molar-refractivity contribution is -0.486. The fraction of sp³-hybridized carbons (Fsp3) is 0.529. The maximum atomic E-state index is 12.5. The lowest BCUT2D eigenvalue weighted by atomic mass is 9.98. The first-order chi connectivity index (χ1) is 12.4. The number of amides is 1. The molecule has 0 aliphatic carbocycles. The number of guanidine groups is 1. The van der Waals surface area contributed by atoms with E-state index in [2.05, 4.69) is 12.0 Å². The number of carbonyl (C=O) groups excluding carboxylic acids is 1. The molecule has 0 spiro atoms. The molecule has 2 aliphatic heterocycles. The van der Waals surface area contributed by atoms with Crippen molar-refractivity contribution in [2.45, 2.75) is 13.8 Å². The number of nitro groups is 1. The Bertz CT molecular complexity index is 723. The van der Waals surface area contributed by atoms with Crippen LogP contribution in [0.4, 0.5) is 4.79 Å². The molecule has 1 amide bonds. The van der Waals surface area contributed by atoms with Crippen LogP contribution in [0.15, 0.2) is 29.4 Å². The Morgan fingerprint density at radius 3 is 2.88 bits per heavy atom. The lowest BCUT2D eigenvalue weighted by Crippen LogP contribution is -2.42. The highest BCUT2D eigenvalue weighted by molar-refractivity contribution is 5.96. The van der Waals surface area contributed by atoms with E-state index in [0.29, 0.717) is 44.5 Å². The zero-order valence-electron chi connectivity index (χ0n) is 14.8. The molecule has 0 radical (unpaired) electrons. The van der Waals surface area contributed by atoms with Gasteiger partial charge >= 0.3 is 6.09 Å². The molecule has 0 aromatic heterocycles. The average molecular weight is 362 g/mol. The molecule has 0 saturated carbocycles. The van der Waals surface area contributed by atoms with E-state index >= 15 is 0 Å². The van der Waals surface area contributed by atoms with Crippen LogP contribution in [0.3, 0.4) is 0 Å². The van der Waals surface area contributed by atoms with E-state index in [-0.39, 0.29) is 11.9 Å². The third kappa shape index (κ3) is 4.10. The molecule has 9 nitrogen and oxygen atoms in total. The summed E-state index contributed by atoms with van der Waals surface area (Å²) in [6.07, 6.45) is -0.672. The van der Waals surface area contributed by atoms with Gasteiger partial charge in [-0.05, 0) is 30.5 Å². The second kappa shape index (κ2) is 7.69. The molecule has 2 unspecified atom stereocenters. The van der Waals surface area contributed by atoms with Gasteiger partial charge in [0, 0.05) is 25.6 Å². The lowest BCUT2D eigenvalue weighted by Gasteiger charge is -2.23. The summed E-state index contributed by atoms with van der Waals surface area (Å²) in [5.74, 6) is 1.03. The van der Waals surface area contributed by atoms with Gasteiger partial charge in [0.1, 0.15) is 10.9 Å². The van der Waals surface area contributed by atoms with Crippen LogP contribution in [-0.4, -0.2) is 59.7 Å². The van der Waals surface area contributed by atoms with Gasteiger partial charge in [-0.15, -0.1) is 0 Å². The van der Waals surface area contributed by atoms with Crippen LogP contribution >= 0.6 is 0 Å². The number of nitrogens with zero attached hydrogens (tertiary/aromatic N) is 4. The van der Waals surface area contributed by atoms with Gasteiger partial charge in [0.15, 0.2) is 5.03 Å². The van der Waals surface area contributed by atoms with E-state index in [9.17, 15) is 14.9 Å². The number of benzene rings is 1. The molecule has 1 aromatic rings. The fourth-order valence-electron chi connectivity index (χ4n) is 3.18. The number of carbonyl (C=O) groups is 1. The van der Waals surface area contributed by atoms with Gasteiger partial charge in [0.05, 0.1) is 13.2 Å². The predicted octanol–water partition coefficient (Wildman–Crippen LogP) is 1.94. The van der Waals surface area contributed by atoms with Crippen molar-refractivity contribution in [3.05, 3.63) is 39.9 Å². The van der Waals surface area contributed by atoms with Gasteiger partial charge in [-0.3, -0.25) is 0 Å². The summed E-state index contributed by atoms with van der Waals surface area (Å²) in [5, 5.41) is 13.6. The van der Waals surface area contributed by atoms with Crippen molar-refractivity contribution in [3.63, 3.8) is 0 Å². The van der Waals surface area contributed by atoms with E-state index in [4.69, 9.17) is 9.47 Å². The van der Waals surface area contributed by atoms with Gasteiger partial charge in [-0.1, -0.05) is 19.1 Å². The maximum Gasteiger partial charge on any atom is 0.422 e. The number of rotatable bonds is 4. The largest absolute Gasteiger partial charge is 0.422 e.